The summed E-state index contributed by atoms with van der Waals surface area (Å²) < 4.78 is 33.0. The number of pyridine rings is 1. The maximum absolute atomic E-state index is 13.8. The summed E-state index contributed by atoms with van der Waals surface area (Å²) in [5.74, 6) is -4.11. The van der Waals surface area contributed by atoms with Gasteiger partial charge in [0.05, 0.1) is 31.0 Å². The largest absolute Gasteiger partial charge is 0.378 e. The molecule has 3 aliphatic rings. The first-order valence-electron chi connectivity index (χ1n) is 8.54. The zero-order valence-corrected chi connectivity index (χ0v) is 13.4. The number of alkyl halides is 2. The number of hydrogen-bond acceptors (Lipinski definition) is 4. The molecule has 3 atom stereocenters. The molecular weight excluding hydrogens is 316 g/mol. The summed E-state index contributed by atoms with van der Waals surface area (Å²) in [7, 11) is 0. The van der Waals surface area contributed by atoms with Crippen LogP contribution in [0, 0.1) is 17.8 Å². The standard InChI is InChI=1S/C17H21F2N3O2/c18-17(19)5-1-2-12-14(15(12)17)16(23)21-13-4-3-11(10-20-13)22-6-8-24-9-7-22/h3-4,10,12,14-15H,1-2,5-9H2,(H,20,21,23). The van der Waals surface area contributed by atoms with Gasteiger partial charge in [-0.25, -0.2) is 13.8 Å². The molecule has 2 saturated carbocycles. The fraction of sp³-hybridized carbons (Fsp3) is 0.647. The highest BCUT2D eigenvalue weighted by atomic mass is 19.3. The summed E-state index contributed by atoms with van der Waals surface area (Å²) >= 11 is 0. The summed E-state index contributed by atoms with van der Waals surface area (Å²) in [5, 5.41) is 2.70. The first kappa shape index (κ1) is 15.7. The van der Waals surface area contributed by atoms with E-state index in [1.165, 1.54) is 0 Å². The van der Waals surface area contributed by atoms with Crippen molar-refractivity contribution in [1.82, 2.24) is 4.98 Å². The Labute approximate surface area is 139 Å². The molecule has 0 aromatic carbocycles. The Morgan fingerprint density at radius 3 is 2.79 bits per heavy atom. The molecule has 1 amide bonds. The lowest BCUT2D eigenvalue weighted by molar-refractivity contribution is -0.119. The number of halogens is 2. The van der Waals surface area contributed by atoms with Crippen LogP contribution in [0.15, 0.2) is 18.3 Å². The SMILES string of the molecule is O=C(Nc1ccc(N2CCOCC2)cn1)C1C2CCCC(F)(F)C21. The molecular formula is C17H21F2N3O2. The second-order valence-electron chi connectivity index (χ2n) is 6.86. The van der Waals surface area contributed by atoms with E-state index in [-0.39, 0.29) is 18.2 Å². The minimum absolute atomic E-state index is 0.0928. The molecule has 7 heteroatoms. The van der Waals surface area contributed by atoms with Crippen molar-refractivity contribution in [2.24, 2.45) is 17.8 Å². The normalized spacial score (nSPS) is 31.2. The number of hydrogen-bond donors (Lipinski definition) is 1. The Morgan fingerprint density at radius 2 is 2.12 bits per heavy atom. The van der Waals surface area contributed by atoms with Crippen molar-refractivity contribution in [1.29, 1.82) is 0 Å². The number of morpholine rings is 1. The maximum Gasteiger partial charge on any atom is 0.252 e. The topological polar surface area (TPSA) is 54.5 Å². The van der Waals surface area contributed by atoms with Crippen molar-refractivity contribution >= 4 is 17.4 Å². The highest BCUT2D eigenvalue weighted by Gasteiger charge is 2.67. The molecule has 0 bridgehead atoms. The van der Waals surface area contributed by atoms with E-state index in [1.54, 1.807) is 12.3 Å². The van der Waals surface area contributed by atoms with Gasteiger partial charge in [0.15, 0.2) is 0 Å². The van der Waals surface area contributed by atoms with Gasteiger partial charge >= 0.3 is 0 Å². The number of anilines is 2. The second kappa shape index (κ2) is 5.95. The smallest absolute Gasteiger partial charge is 0.252 e. The molecule has 2 aliphatic carbocycles. The van der Waals surface area contributed by atoms with Crippen molar-refractivity contribution < 1.29 is 18.3 Å². The van der Waals surface area contributed by atoms with Gasteiger partial charge in [-0.3, -0.25) is 4.79 Å². The zero-order valence-electron chi connectivity index (χ0n) is 13.4. The van der Waals surface area contributed by atoms with E-state index in [0.717, 1.165) is 25.2 Å². The van der Waals surface area contributed by atoms with Crippen LogP contribution in [-0.4, -0.2) is 43.1 Å². The fourth-order valence-corrected chi connectivity index (χ4v) is 4.08. The van der Waals surface area contributed by atoms with Crippen LogP contribution in [0.5, 0.6) is 0 Å². The Kier molecular flexibility index (Phi) is 3.90. The third-order valence-electron chi connectivity index (χ3n) is 5.38. The van der Waals surface area contributed by atoms with E-state index in [9.17, 15) is 13.6 Å². The third kappa shape index (κ3) is 2.85. The predicted octanol–water partition coefficient (Wildman–Crippen LogP) is 2.54. The van der Waals surface area contributed by atoms with Gasteiger partial charge in [0, 0.05) is 25.4 Å². The lowest BCUT2D eigenvalue weighted by Gasteiger charge is -2.28. The number of aromatic nitrogens is 1. The Balaban J connectivity index is 1.38. The van der Waals surface area contributed by atoms with Crippen molar-refractivity contribution in [3.8, 4) is 0 Å². The number of carbonyl (C=O) groups is 1. The molecule has 0 radical (unpaired) electrons. The first-order chi connectivity index (χ1) is 11.6. The van der Waals surface area contributed by atoms with Crippen LogP contribution >= 0.6 is 0 Å². The van der Waals surface area contributed by atoms with Crippen molar-refractivity contribution in [2.75, 3.05) is 36.5 Å². The highest BCUT2D eigenvalue weighted by molar-refractivity contribution is 5.94. The number of carbonyl (C=O) groups excluding carboxylic acids is 1. The highest BCUT2D eigenvalue weighted by Crippen LogP contribution is 2.62. The molecule has 2 heterocycles. The van der Waals surface area contributed by atoms with E-state index < -0.39 is 17.8 Å². The minimum atomic E-state index is -2.70. The van der Waals surface area contributed by atoms with E-state index in [4.69, 9.17) is 4.74 Å². The summed E-state index contributed by atoms with van der Waals surface area (Å²) in [5.41, 5.74) is 0.975. The van der Waals surface area contributed by atoms with Crippen molar-refractivity contribution in [3.05, 3.63) is 18.3 Å². The van der Waals surface area contributed by atoms with Crippen LogP contribution in [0.3, 0.4) is 0 Å². The average Bonchev–Trinajstić information content (AvgIpc) is 3.32. The molecule has 1 aromatic rings. The second-order valence-corrected chi connectivity index (χ2v) is 6.86. The summed E-state index contributed by atoms with van der Waals surface area (Å²) in [6, 6.07) is 3.62. The third-order valence-corrected chi connectivity index (χ3v) is 5.38. The van der Waals surface area contributed by atoms with E-state index in [2.05, 4.69) is 15.2 Å². The summed E-state index contributed by atoms with van der Waals surface area (Å²) in [4.78, 5) is 18.7. The van der Waals surface area contributed by atoms with Gasteiger partial charge in [0.2, 0.25) is 5.91 Å². The fourth-order valence-electron chi connectivity index (χ4n) is 4.08. The molecule has 130 valence electrons. The number of ether oxygens (including phenoxy) is 1. The molecule has 3 fully saturated rings. The first-order valence-corrected chi connectivity index (χ1v) is 8.54. The number of rotatable bonds is 3. The van der Waals surface area contributed by atoms with Crippen molar-refractivity contribution in [3.63, 3.8) is 0 Å². The van der Waals surface area contributed by atoms with Crippen LogP contribution in [0.25, 0.3) is 0 Å². The Morgan fingerprint density at radius 1 is 1.33 bits per heavy atom. The van der Waals surface area contributed by atoms with Gasteiger partial charge in [-0.05, 0) is 30.9 Å². The van der Waals surface area contributed by atoms with Crippen LogP contribution < -0.4 is 10.2 Å². The number of nitrogens with zero attached hydrogens (tertiary/aromatic N) is 2. The molecule has 1 saturated heterocycles. The number of fused-ring (bicyclic) bond motifs is 1. The number of nitrogens with one attached hydrogen (secondary N) is 1. The van der Waals surface area contributed by atoms with Gasteiger partial charge in [0.25, 0.3) is 5.92 Å². The van der Waals surface area contributed by atoms with Gasteiger partial charge in [-0.2, -0.15) is 0 Å². The summed E-state index contributed by atoms with van der Waals surface area (Å²) in [6.45, 7) is 3.01. The molecule has 0 spiro atoms. The average molecular weight is 337 g/mol. The van der Waals surface area contributed by atoms with Crippen molar-refractivity contribution in [2.45, 2.75) is 25.2 Å². The number of amides is 1. The molecule has 24 heavy (non-hydrogen) atoms. The lowest BCUT2D eigenvalue weighted by atomic mass is 9.97. The van der Waals surface area contributed by atoms with E-state index in [0.29, 0.717) is 25.5 Å². The molecule has 4 rings (SSSR count). The van der Waals surface area contributed by atoms with Gasteiger partial charge in [-0.15, -0.1) is 0 Å². The Hall–Kier alpha value is -1.76. The summed E-state index contributed by atoms with van der Waals surface area (Å²) in [6.07, 6.45) is 2.84. The quantitative estimate of drug-likeness (QED) is 0.921. The van der Waals surface area contributed by atoms with Crippen LogP contribution in [0.2, 0.25) is 0 Å². The lowest BCUT2D eigenvalue weighted by Crippen LogP contribution is -2.36. The molecule has 3 unspecified atom stereocenters. The predicted molar refractivity (Wildman–Crippen MR) is 85.2 cm³/mol. The van der Waals surface area contributed by atoms with E-state index >= 15 is 0 Å². The van der Waals surface area contributed by atoms with Crippen LogP contribution in [0.4, 0.5) is 20.3 Å². The maximum atomic E-state index is 13.8. The van der Waals surface area contributed by atoms with Gasteiger partial charge in [-0.1, -0.05) is 0 Å². The monoisotopic (exact) mass is 337 g/mol. The molecule has 1 N–H and O–H groups in total. The van der Waals surface area contributed by atoms with E-state index in [1.807, 2.05) is 6.07 Å². The van der Waals surface area contributed by atoms with Crippen LogP contribution in [-0.2, 0) is 9.53 Å². The minimum Gasteiger partial charge on any atom is -0.378 e. The zero-order chi connectivity index (χ0) is 16.7. The molecule has 5 nitrogen and oxygen atoms in total. The molecule has 1 aliphatic heterocycles. The Bertz CT molecular complexity index is 617. The molecule has 1 aromatic heterocycles. The van der Waals surface area contributed by atoms with Crippen LogP contribution in [0.1, 0.15) is 19.3 Å². The van der Waals surface area contributed by atoms with Gasteiger partial charge < -0.3 is 15.0 Å². The van der Waals surface area contributed by atoms with Gasteiger partial charge in [0.1, 0.15) is 5.82 Å².